The molecule has 160 valence electrons. The lowest BCUT2D eigenvalue weighted by Crippen LogP contribution is -2.24. The van der Waals surface area contributed by atoms with Crippen LogP contribution in [0.3, 0.4) is 0 Å². The van der Waals surface area contributed by atoms with Crippen molar-refractivity contribution in [3.05, 3.63) is 65.2 Å². The molecule has 7 nitrogen and oxygen atoms in total. The Balaban J connectivity index is 1.32. The lowest BCUT2D eigenvalue weighted by atomic mass is 10.1. The summed E-state index contributed by atoms with van der Waals surface area (Å²) in [5, 5.41) is 5.09. The van der Waals surface area contributed by atoms with Gasteiger partial charge in [0.25, 0.3) is 5.91 Å². The standard InChI is InChI=1S/C23H22N2O5S/c1-28-20-12-15(6-5-9-19-21(26)25-23(27)30-19)10-11-18(20)29-13-17-14-31-22(24-17)16-7-3-2-4-8-16/h2-4,7-8,10-12,14,19H,5-6,9,13H2,1H3,(H,25,26,27). The Labute approximate surface area is 184 Å². The van der Waals surface area contributed by atoms with Crippen LogP contribution in [0.25, 0.3) is 10.6 Å². The van der Waals surface area contributed by atoms with Gasteiger partial charge in [-0.25, -0.2) is 9.78 Å². The van der Waals surface area contributed by atoms with E-state index in [1.54, 1.807) is 18.4 Å². The molecule has 31 heavy (non-hydrogen) atoms. The van der Waals surface area contributed by atoms with Crippen molar-refractivity contribution in [2.24, 2.45) is 0 Å². The van der Waals surface area contributed by atoms with Gasteiger partial charge in [0.1, 0.15) is 11.6 Å². The molecule has 2 heterocycles. The molecule has 1 aromatic heterocycles. The van der Waals surface area contributed by atoms with Gasteiger partial charge in [-0.2, -0.15) is 0 Å². The summed E-state index contributed by atoms with van der Waals surface area (Å²) < 4.78 is 16.4. The van der Waals surface area contributed by atoms with E-state index in [4.69, 9.17) is 14.2 Å². The van der Waals surface area contributed by atoms with Gasteiger partial charge in [-0.1, -0.05) is 36.4 Å². The summed E-state index contributed by atoms with van der Waals surface area (Å²) >= 11 is 1.59. The number of hydrogen-bond acceptors (Lipinski definition) is 7. The summed E-state index contributed by atoms with van der Waals surface area (Å²) in [6.45, 7) is 0.348. The highest BCUT2D eigenvalue weighted by molar-refractivity contribution is 7.13. The van der Waals surface area contributed by atoms with E-state index in [-0.39, 0.29) is 5.91 Å². The van der Waals surface area contributed by atoms with E-state index in [2.05, 4.69) is 10.3 Å². The van der Waals surface area contributed by atoms with Crippen molar-refractivity contribution in [3.63, 3.8) is 0 Å². The van der Waals surface area contributed by atoms with Crippen molar-refractivity contribution in [1.82, 2.24) is 10.3 Å². The molecule has 0 aliphatic carbocycles. The predicted octanol–water partition coefficient (Wildman–Crippen LogP) is 4.36. The Morgan fingerprint density at radius 2 is 1.97 bits per heavy atom. The number of alkyl carbamates (subject to hydrolysis) is 1. The van der Waals surface area contributed by atoms with E-state index < -0.39 is 12.2 Å². The molecular formula is C23H22N2O5S. The molecule has 8 heteroatoms. The summed E-state index contributed by atoms with van der Waals surface area (Å²) in [6.07, 6.45) is 0.538. The third-order valence-corrected chi connectivity index (χ3v) is 5.82. The molecule has 0 bridgehead atoms. The molecule has 1 N–H and O–H groups in total. The topological polar surface area (TPSA) is 86.8 Å². The summed E-state index contributed by atoms with van der Waals surface area (Å²) in [6, 6.07) is 15.8. The molecule has 1 atom stereocenters. The van der Waals surface area contributed by atoms with E-state index in [1.807, 2.05) is 53.9 Å². The Morgan fingerprint density at radius 3 is 2.71 bits per heavy atom. The van der Waals surface area contributed by atoms with E-state index in [0.717, 1.165) is 28.2 Å². The maximum absolute atomic E-state index is 11.5. The van der Waals surface area contributed by atoms with Crippen LogP contribution in [-0.4, -0.2) is 30.2 Å². The van der Waals surface area contributed by atoms with Crippen LogP contribution in [0.1, 0.15) is 24.1 Å². The van der Waals surface area contributed by atoms with Gasteiger partial charge in [0, 0.05) is 10.9 Å². The van der Waals surface area contributed by atoms with Gasteiger partial charge in [-0.05, 0) is 37.0 Å². The first kappa shape index (κ1) is 20.9. The molecule has 1 unspecified atom stereocenters. The molecule has 4 rings (SSSR count). The molecular weight excluding hydrogens is 416 g/mol. The molecule has 2 amide bonds. The molecule has 0 spiro atoms. The minimum atomic E-state index is -0.698. The third-order valence-electron chi connectivity index (χ3n) is 4.87. The number of amides is 2. The molecule has 1 saturated heterocycles. The maximum Gasteiger partial charge on any atom is 0.414 e. The number of carbonyl (C=O) groups excluding carboxylic acids is 2. The predicted molar refractivity (Wildman–Crippen MR) is 116 cm³/mol. The van der Waals surface area contributed by atoms with Crippen LogP contribution in [0.2, 0.25) is 0 Å². The second kappa shape index (κ2) is 9.61. The highest BCUT2D eigenvalue weighted by atomic mass is 32.1. The van der Waals surface area contributed by atoms with E-state index >= 15 is 0 Å². The lowest BCUT2D eigenvalue weighted by Gasteiger charge is -2.12. The third kappa shape index (κ3) is 5.21. The Bertz CT molecular complexity index is 1070. The minimum absolute atomic E-state index is 0.348. The highest BCUT2D eigenvalue weighted by Gasteiger charge is 2.31. The first-order valence-corrected chi connectivity index (χ1v) is 10.8. The van der Waals surface area contributed by atoms with Gasteiger partial charge >= 0.3 is 6.09 Å². The average Bonchev–Trinajstić information content (AvgIpc) is 3.39. The number of aromatic nitrogens is 1. The summed E-state index contributed by atoms with van der Waals surface area (Å²) in [5.41, 5.74) is 3.00. The highest BCUT2D eigenvalue weighted by Crippen LogP contribution is 2.30. The van der Waals surface area contributed by atoms with Crippen LogP contribution >= 0.6 is 11.3 Å². The van der Waals surface area contributed by atoms with Crippen LogP contribution in [0.5, 0.6) is 11.5 Å². The van der Waals surface area contributed by atoms with Crippen LogP contribution in [0.15, 0.2) is 53.9 Å². The molecule has 1 aliphatic rings. The molecule has 0 radical (unpaired) electrons. The number of nitrogens with one attached hydrogen (secondary N) is 1. The lowest BCUT2D eigenvalue weighted by molar-refractivity contribution is -0.123. The van der Waals surface area contributed by atoms with Gasteiger partial charge in [0.05, 0.1) is 12.8 Å². The zero-order valence-corrected chi connectivity index (χ0v) is 17.8. The van der Waals surface area contributed by atoms with Crippen molar-refractivity contribution in [2.45, 2.75) is 32.0 Å². The van der Waals surface area contributed by atoms with Gasteiger partial charge in [-0.3, -0.25) is 10.1 Å². The quantitative estimate of drug-likeness (QED) is 0.534. The number of carbonyl (C=O) groups is 2. The monoisotopic (exact) mass is 438 g/mol. The number of aryl methyl sites for hydroxylation is 1. The number of cyclic esters (lactones) is 1. The molecule has 1 aliphatic heterocycles. The van der Waals surface area contributed by atoms with Crippen molar-refractivity contribution >= 4 is 23.3 Å². The van der Waals surface area contributed by atoms with Crippen LogP contribution in [0, 0.1) is 0 Å². The zero-order chi connectivity index (χ0) is 21.6. The smallest absolute Gasteiger partial charge is 0.414 e. The molecule has 2 aromatic carbocycles. The van der Waals surface area contributed by atoms with E-state index in [1.165, 1.54) is 0 Å². The number of nitrogens with zero attached hydrogens (tertiary/aromatic N) is 1. The number of thiazole rings is 1. The Kier molecular flexibility index (Phi) is 6.47. The number of benzene rings is 2. The van der Waals surface area contributed by atoms with Crippen molar-refractivity contribution in [3.8, 4) is 22.1 Å². The number of imide groups is 1. The largest absolute Gasteiger partial charge is 0.493 e. The van der Waals surface area contributed by atoms with Crippen LogP contribution in [-0.2, 0) is 22.6 Å². The number of methoxy groups -OCH3 is 1. The van der Waals surface area contributed by atoms with Crippen molar-refractivity contribution in [1.29, 1.82) is 0 Å². The Hall–Kier alpha value is -3.39. The fourth-order valence-corrected chi connectivity index (χ4v) is 4.11. The second-order valence-corrected chi connectivity index (χ2v) is 7.92. The second-order valence-electron chi connectivity index (χ2n) is 7.06. The van der Waals surface area contributed by atoms with Gasteiger partial charge in [-0.15, -0.1) is 11.3 Å². The number of hydrogen-bond donors (Lipinski definition) is 1. The van der Waals surface area contributed by atoms with E-state index in [0.29, 0.717) is 30.9 Å². The average molecular weight is 439 g/mol. The van der Waals surface area contributed by atoms with Crippen molar-refractivity contribution < 1.29 is 23.8 Å². The SMILES string of the molecule is COc1cc(CCCC2OC(=O)NC2=O)ccc1OCc1csc(-c2ccccc2)n1. The first-order chi connectivity index (χ1) is 15.1. The fraction of sp³-hybridized carbons (Fsp3) is 0.261. The zero-order valence-electron chi connectivity index (χ0n) is 17.0. The van der Waals surface area contributed by atoms with Gasteiger partial charge < -0.3 is 14.2 Å². The van der Waals surface area contributed by atoms with Crippen molar-refractivity contribution in [2.75, 3.05) is 7.11 Å². The normalized spacial score (nSPS) is 15.5. The van der Waals surface area contributed by atoms with Crippen LogP contribution < -0.4 is 14.8 Å². The van der Waals surface area contributed by atoms with Gasteiger partial charge in [0.2, 0.25) is 0 Å². The van der Waals surface area contributed by atoms with Crippen LogP contribution in [0.4, 0.5) is 4.79 Å². The summed E-state index contributed by atoms with van der Waals surface area (Å²) in [4.78, 5) is 27.3. The minimum Gasteiger partial charge on any atom is -0.493 e. The molecule has 3 aromatic rings. The molecule has 1 fully saturated rings. The van der Waals surface area contributed by atoms with Gasteiger partial charge in [0.15, 0.2) is 17.6 Å². The Morgan fingerprint density at radius 1 is 1.13 bits per heavy atom. The molecule has 0 saturated carbocycles. The number of rotatable bonds is 9. The summed E-state index contributed by atoms with van der Waals surface area (Å²) in [5.74, 6) is 0.912. The summed E-state index contributed by atoms with van der Waals surface area (Å²) in [7, 11) is 1.60. The number of ether oxygens (including phenoxy) is 3. The van der Waals surface area contributed by atoms with E-state index in [9.17, 15) is 9.59 Å². The maximum atomic E-state index is 11.5. The first-order valence-electron chi connectivity index (χ1n) is 9.93. The fourth-order valence-electron chi connectivity index (χ4n) is 3.30.